The molecule has 1 aromatic rings. The molecule has 2 rings (SSSR count). The molecule has 0 saturated carbocycles. The van der Waals surface area contributed by atoms with Crippen molar-refractivity contribution < 1.29 is 9.90 Å². The fourth-order valence-electron chi connectivity index (χ4n) is 2.40. The maximum atomic E-state index is 11.4. The van der Waals surface area contributed by atoms with Crippen molar-refractivity contribution in [1.29, 1.82) is 0 Å². The molecular formula is C14H17NO2. The number of aliphatic carboxylic acids is 1. The van der Waals surface area contributed by atoms with Gasteiger partial charge in [-0.15, -0.1) is 0 Å². The smallest absolute Gasteiger partial charge is 0.312 e. The second kappa shape index (κ2) is 5.15. The summed E-state index contributed by atoms with van der Waals surface area (Å²) in [5.74, 6) is -1.20. The molecule has 2 atom stereocenters. The maximum Gasteiger partial charge on any atom is 0.312 e. The minimum absolute atomic E-state index is 0.0210. The van der Waals surface area contributed by atoms with E-state index in [0.717, 1.165) is 24.1 Å². The number of carbonyl (C=O) groups is 1. The van der Waals surface area contributed by atoms with Crippen LogP contribution in [0.3, 0.4) is 0 Å². The van der Waals surface area contributed by atoms with Gasteiger partial charge in [0.2, 0.25) is 0 Å². The highest BCUT2D eigenvalue weighted by atomic mass is 16.4. The highest BCUT2D eigenvalue weighted by molar-refractivity contribution is 5.88. The first kappa shape index (κ1) is 11.9. The Morgan fingerprint density at radius 1 is 1.41 bits per heavy atom. The van der Waals surface area contributed by atoms with Gasteiger partial charge in [-0.05, 0) is 17.6 Å². The van der Waals surface area contributed by atoms with Crippen molar-refractivity contribution in [3.63, 3.8) is 0 Å². The van der Waals surface area contributed by atoms with Crippen molar-refractivity contribution in [2.24, 2.45) is 5.92 Å². The standard InChI is InChI=1S/C14H17NO2/c1-2-12-13(14(16)17)11(8-9-15-12)10-6-4-3-5-7-10/h3-8,12-13,15H,2,9H2,1H3,(H,16,17). The van der Waals surface area contributed by atoms with Gasteiger partial charge < -0.3 is 10.4 Å². The Balaban J connectivity index is 2.37. The third kappa shape index (κ3) is 2.39. The van der Waals surface area contributed by atoms with Crippen LogP contribution >= 0.6 is 0 Å². The summed E-state index contributed by atoms with van der Waals surface area (Å²) in [6, 6.07) is 9.79. The molecule has 0 fully saturated rings. The topological polar surface area (TPSA) is 49.3 Å². The molecule has 0 saturated heterocycles. The zero-order valence-corrected chi connectivity index (χ0v) is 9.89. The van der Waals surface area contributed by atoms with Gasteiger partial charge in [-0.25, -0.2) is 0 Å². The molecule has 3 nitrogen and oxygen atoms in total. The Labute approximate surface area is 101 Å². The summed E-state index contributed by atoms with van der Waals surface area (Å²) in [5.41, 5.74) is 1.95. The largest absolute Gasteiger partial charge is 0.481 e. The van der Waals surface area contributed by atoms with Crippen LogP contribution in [0.5, 0.6) is 0 Å². The Hall–Kier alpha value is -1.61. The van der Waals surface area contributed by atoms with E-state index < -0.39 is 11.9 Å². The van der Waals surface area contributed by atoms with Gasteiger partial charge in [0.1, 0.15) is 0 Å². The van der Waals surface area contributed by atoms with E-state index in [-0.39, 0.29) is 6.04 Å². The Morgan fingerprint density at radius 3 is 2.71 bits per heavy atom. The highest BCUT2D eigenvalue weighted by Gasteiger charge is 2.32. The molecule has 0 aromatic heterocycles. The fraction of sp³-hybridized carbons (Fsp3) is 0.357. The van der Waals surface area contributed by atoms with Gasteiger partial charge in [-0.1, -0.05) is 43.3 Å². The molecule has 1 aromatic carbocycles. The lowest BCUT2D eigenvalue weighted by atomic mass is 9.83. The van der Waals surface area contributed by atoms with Crippen molar-refractivity contribution >= 4 is 11.5 Å². The predicted octanol–water partition coefficient (Wildman–Crippen LogP) is 2.15. The fourth-order valence-corrected chi connectivity index (χ4v) is 2.40. The van der Waals surface area contributed by atoms with Crippen LogP contribution in [-0.4, -0.2) is 23.7 Å². The van der Waals surface area contributed by atoms with Crippen LogP contribution in [0.25, 0.3) is 5.57 Å². The SMILES string of the molecule is CCC1NCC=C(c2ccccc2)C1C(=O)O. The van der Waals surface area contributed by atoms with Gasteiger partial charge in [0.05, 0.1) is 5.92 Å². The number of hydrogen-bond acceptors (Lipinski definition) is 2. The third-order valence-electron chi connectivity index (χ3n) is 3.25. The van der Waals surface area contributed by atoms with Gasteiger partial charge in [-0.3, -0.25) is 4.79 Å². The minimum atomic E-state index is -0.751. The zero-order chi connectivity index (χ0) is 12.3. The first-order valence-electron chi connectivity index (χ1n) is 5.95. The van der Waals surface area contributed by atoms with E-state index in [4.69, 9.17) is 0 Å². The predicted molar refractivity (Wildman–Crippen MR) is 67.6 cm³/mol. The molecule has 0 aliphatic carbocycles. The number of rotatable bonds is 3. The summed E-state index contributed by atoms with van der Waals surface area (Å²) in [6.45, 7) is 2.76. The normalized spacial score (nSPS) is 24.2. The summed E-state index contributed by atoms with van der Waals surface area (Å²) in [6.07, 6.45) is 2.81. The molecule has 2 N–H and O–H groups in total. The molecule has 17 heavy (non-hydrogen) atoms. The van der Waals surface area contributed by atoms with Crippen LogP contribution in [0.2, 0.25) is 0 Å². The maximum absolute atomic E-state index is 11.4. The van der Waals surface area contributed by atoms with Crippen LogP contribution in [0.4, 0.5) is 0 Å². The number of carboxylic acid groups (broad SMARTS) is 1. The van der Waals surface area contributed by atoms with E-state index in [2.05, 4.69) is 5.32 Å². The monoisotopic (exact) mass is 231 g/mol. The van der Waals surface area contributed by atoms with Crippen LogP contribution in [0, 0.1) is 5.92 Å². The van der Waals surface area contributed by atoms with Crippen LogP contribution < -0.4 is 5.32 Å². The van der Waals surface area contributed by atoms with Gasteiger partial charge in [0.15, 0.2) is 0 Å². The molecule has 3 heteroatoms. The van der Waals surface area contributed by atoms with E-state index in [1.165, 1.54) is 0 Å². The summed E-state index contributed by atoms with van der Waals surface area (Å²) < 4.78 is 0. The Kier molecular flexibility index (Phi) is 3.59. The van der Waals surface area contributed by atoms with E-state index in [9.17, 15) is 9.90 Å². The van der Waals surface area contributed by atoms with E-state index in [1.54, 1.807) is 0 Å². The van der Waals surface area contributed by atoms with Crippen molar-refractivity contribution in [3.8, 4) is 0 Å². The lowest BCUT2D eigenvalue weighted by molar-refractivity contribution is -0.140. The first-order valence-corrected chi connectivity index (χ1v) is 5.95. The Bertz CT molecular complexity index is 425. The molecule has 1 heterocycles. The van der Waals surface area contributed by atoms with Gasteiger partial charge >= 0.3 is 5.97 Å². The van der Waals surface area contributed by atoms with Crippen molar-refractivity contribution in [1.82, 2.24) is 5.32 Å². The molecule has 1 aliphatic rings. The first-order chi connectivity index (χ1) is 8.24. The van der Waals surface area contributed by atoms with Crippen LogP contribution in [0.1, 0.15) is 18.9 Å². The second-order valence-electron chi connectivity index (χ2n) is 4.26. The van der Waals surface area contributed by atoms with Crippen molar-refractivity contribution in [3.05, 3.63) is 42.0 Å². The van der Waals surface area contributed by atoms with Gasteiger partial charge in [0.25, 0.3) is 0 Å². The number of nitrogens with one attached hydrogen (secondary N) is 1. The van der Waals surface area contributed by atoms with E-state index >= 15 is 0 Å². The lowest BCUT2D eigenvalue weighted by Gasteiger charge is -2.30. The van der Waals surface area contributed by atoms with Gasteiger partial charge in [0, 0.05) is 12.6 Å². The van der Waals surface area contributed by atoms with Crippen molar-refractivity contribution in [2.75, 3.05) is 6.54 Å². The summed E-state index contributed by atoms with van der Waals surface area (Å²) in [7, 11) is 0. The van der Waals surface area contributed by atoms with Crippen LogP contribution in [0.15, 0.2) is 36.4 Å². The number of carboxylic acids is 1. The van der Waals surface area contributed by atoms with E-state index in [1.807, 2.05) is 43.3 Å². The minimum Gasteiger partial charge on any atom is -0.481 e. The Morgan fingerprint density at radius 2 is 2.12 bits per heavy atom. The average molecular weight is 231 g/mol. The number of hydrogen-bond donors (Lipinski definition) is 2. The number of benzene rings is 1. The quantitative estimate of drug-likeness (QED) is 0.838. The van der Waals surface area contributed by atoms with Crippen molar-refractivity contribution in [2.45, 2.75) is 19.4 Å². The summed E-state index contributed by atoms with van der Waals surface area (Å²) in [5, 5.41) is 12.6. The average Bonchev–Trinajstić information content (AvgIpc) is 2.38. The molecular weight excluding hydrogens is 214 g/mol. The molecule has 0 spiro atoms. The molecule has 2 unspecified atom stereocenters. The summed E-state index contributed by atoms with van der Waals surface area (Å²) in [4.78, 5) is 11.4. The second-order valence-corrected chi connectivity index (χ2v) is 4.26. The molecule has 90 valence electrons. The molecule has 0 radical (unpaired) electrons. The van der Waals surface area contributed by atoms with E-state index in [0.29, 0.717) is 0 Å². The lowest BCUT2D eigenvalue weighted by Crippen LogP contribution is -2.43. The molecule has 0 bridgehead atoms. The molecule has 1 aliphatic heterocycles. The van der Waals surface area contributed by atoms with Crippen LogP contribution in [-0.2, 0) is 4.79 Å². The molecule has 0 amide bonds. The zero-order valence-electron chi connectivity index (χ0n) is 9.89. The van der Waals surface area contributed by atoms with Gasteiger partial charge in [-0.2, -0.15) is 0 Å². The highest BCUT2D eigenvalue weighted by Crippen LogP contribution is 2.29. The summed E-state index contributed by atoms with van der Waals surface area (Å²) >= 11 is 0. The third-order valence-corrected chi connectivity index (χ3v) is 3.25.